The molecule has 2 rings (SSSR count). The molecule has 0 amide bonds. The smallest absolute Gasteiger partial charge is 0.200 e. The first-order valence-corrected chi connectivity index (χ1v) is 6.85. The summed E-state index contributed by atoms with van der Waals surface area (Å²) in [4.78, 5) is 12.2. The molecule has 2 nitrogen and oxygen atoms in total. The summed E-state index contributed by atoms with van der Waals surface area (Å²) in [7, 11) is 0. The van der Waals surface area contributed by atoms with Crippen LogP contribution in [0.2, 0.25) is 0 Å². The van der Waals surface area contributed by atoms with Gasteiger partial charge in [0.25, 0.3) is 0 Å². The molecule has 0 bridgehead atoms. The Kier molecular flexibility index (Phi) is 4.67. The molecule has 6 heteroatoms. The second kappa shape index (κ2) is 6.30. The van der Waals surface area contributed by atoms with Crippen LogP contribution >= 0.6 is 15.9 Å². The van der Waals surface area contributed by atoms with Crippen LogP contribution in [0.25, 0.3) is 0 Å². The van der Waals surface area contributed by atoms with Crippen molar-refractivity contribution in [2.45, 2.75) is 6.92 Å². The number of benzene rings is 2. The Hall–Kier alpha value is -1.82. The molecule has 110 valence electrons. The molecule has 21 heavy (non-hydrogen) atoms. The number of carbonyl (C=O) groups excluding carboxylic acids is 1. The van der Waals surface area contributed by atoms with Crippen LogP contribution in [0.15, 0.2) is 34.8 Å². The lowest BCUT2D eigenvalue weighted by Gasteiger charge is -2.09. The van der Waals surface area contributed by atoms with Crippen molar-refractivity contribution in [3.05, 3.63) is 63.4 Å². The molecule has 0 aromatic heterocycles. The van der Waals surface area contributed by atoms with Crippen LogP contribution in [0.1, 0.15) is 22.8 Å². The lowest BCUT2D eigenvalue weighted by Crippen LogP contribution is -2.09. The van der Waals surface area contributed by atoms with E-state index in [9.17, 15) is 18.0 Å². The first-order chi connectivity index (χ1) is 9.93. The molecular formula is C15H10BrF3O2. The van der Waals surface area contributed by atoms with E-state index in [-0.39, 0.29) is 5.56 Å². The van der Waals surface area contributed by atoms with Gasteiger partial charge in [0.15, 0.2) is 5.78 Å². The van der Waals surface area contributed by atoms with Crippen molar-refractivity contribution in [3.63, 3.8) is 0 Å². The van der Waals surface area contributed by atoms with Gasteiger partial charge in [0, 0.05) is 22.2 Å². The van der Waals surface area contributed by atoms with Crippen LogP contribution < -0.4 is 4.74 Å². The molecule has 0 N–H and O–H groups in total. The van der Waals surface area contributed by atoms with Gasteiger partial charge in [-0.25, -0.2) is 13.2 Å². The van der Waals surface area contributed by atoms with Gasteiger partial charge in [0.2, 0.25) is 0 Å². The summed E-state index contributed by atoms with van der Waals surface area (Å²) in [6.07, 6.45) is 0. The van der Waals surface area contributed by atoms with E-state index < -0.39 is 28.8 Å². The summed E-state index contributed by atoms with van der Waals surface area (Å²) in [5.74, 6) is -3.91. The van der Waals surface area contributed by atoms with Crippen molar-refractivity contribution >= 4 is 21.7 Å². The van der Waals surface area contributed by atoms with Gasteiger partial charge in [-0.15, -0.1) is 0 Å². The lowest BCUT2D eigenvalue weighted by atomic mass is 10.0. The van der Waals surface area contributed by atoms with Crippen LogP contribution in [0.5, 0.6) is 5.75 Å². The van der Waals surface area contributed by atoms with Crippen molar-refractivity contribution in [2.75, 3.05) is 6.61 Å². The van der Waals surface area contributed by atoms with Crippen molar-refractivity contribution < 1.29 is 22.7 Å². The molecular weight excluding hydrogens is 349 g/mol. The maximum Gasteiger partial charge on any atom is 0.200 e. The van der Waals surface area contributed by atoms with Gasteiger partial charge in [0.05, 0.1) is 12.2 Å². The molecule has 0 aliphatic rings. The highest BCUT2D eigenvalue weighted by Gasteiger charge is 2.22. The third-order valence-electron chi connectivity index (χ3n) is 2.73. The summed E-state index contributed by atoms with van der Waals surface area (Å²) >= 11 is 3.16. The number of ketones is 1. The average Bonchev–Trinajstić information content (AvgIpc) is 2.37. The van der Waals surface area contributed by atoms with Gasteiger partial charge in [-0.2, -0.15) is 0 Å². The van der Waals surface area contributed by atoms with Gasteiger partial charge >= 0.3 is 0 Å². The average molecular weight is 359 g/mol. The minimum Gasteiger partial charge on any atom is -0.494 e. The zero-order chi connectivity index (χ0) is 15.6. The normalized spacial score (nSPS) is 10.5. The Balaban J connectivity index is 2.46. The number of ether oxygens (including phenoxy) is 1. The third kappa shape index (κ3) is 3.26. The number of hydrogen-bond donors (Lipinski definition) is 0. The Bertz CT molecular complexity index is 678. The van der Waals surface area contributed by atoms with Crippen LogP contribution in [0.4, 0.5) is 13.2 Å². The number of rotatable bonds is 4. The quantitative estimate of drug-likeness (QED) is 0.752. The molecule has 2 aromatic carbocycles. The number of halogens is 4. The maximum absolute atomic E-state index is 13.6. The van der Waals surface area contributed by atoms with Crippen LogP contribution in [-0.2, 0) is 0 Å². The Labute approximate surface area is 127 Å². The molecule has 0 aliphatic heterocycles. The zero-order valence-electron chi connectivity index (χ0n) is 10.9. The highest BCUT2D eigenvalue weighted by atomic mass is 79.9. The lowest BCUT2D eigenvalue weighted by molar-refractivity contribution is 0.103. The van der Waals surface area contributed by atoms with E-state index in [4.69, 9.17) is 4.74 Å². The van der Waals surface area contributed by atoms with E-state index in [2.05, 4.69) is 15.9 Å². The highest BCUT2D eigenvalue weighted by Crippen LogP contribution is 2.27. The first kappa shape index (κ1) is 15.6. The highest BCUT2D eigenvalue weighted by molar-refractivity contribution is 9.10. The Morgan fingerprint density at radius 2 is 1.76 bits per heavy atom. The summed E-state index contributed by atoms with van der Waals surface area (Å²) in [6.45, 7) is 2.25. The van der Waals surface area contributed by atoms with Crippen LogP contribution in [0, 0.1) is 17.5 Å². The standard InChI is InChI=1S/C15H10BrF3O2/c1-2-21-9-3-4-10(11(16)7-9)15(20)14-12(18)5-8(17)6-13(14)19/h3-7H,2H2,1H3. The second-order valence-corrected chi connectivity index (χ2v) is 5.00. The minimum absolute atomic E-state index is 0.0582. The molecule has 0 radical (unpaired) electrons. The van der Waals surface area contributed by atoms with Gasteiger partial charge < -0.3 is 4.74 Å². The molecule has 0 heterocycles. The second-order valence-electron chi connectivity index (χ2n) is 4.15. The summed E-state index contributed by atoms with van der Waals surface area (Å²) in [6, 6.07) is 5.37. The van der Waals surface area contributed by atoms with E-state index >= 15 is 0 Å². The minimum atomic E-state index is -1.24. The monoisotopic (exact) mass is 358 g/mol. The fourth-order valence-electron chi connectivity index (χ4n) is 1.83. The Morgan fingerprint density at radius 3 is 2.29 bits per heavy atom. The van der Waals surface area contributed by atoms with Crippen LogP contribution in [0.3, 0.4) is 0 Å². The molecule has 0 atom stereocenters. The maximum atomic E-state index is 13.6. The number of carbonyl (C=O) groups is 1. The van der Waals surface area contributed by atoms with Crippen molar-refractivity contribution in [2.24, 2.45) is 0 Å². The molecule has 0 spiro atoms. The van der Waals surface area contributed by atoms with Gasteiger partial charge in [-0.1, -0.05) is 0 Å². The van der Waals surface area contributed by atoms with Gasteiger partial charge in [-0.05, 0) is 41.1 Å². The largest absolute Gasteiger partial charge is 0.494 e. The number of hydrogen-bond acceptors (Lipinski definition) is 2. The molecule has 0 saturated heterocycles. The first-order valence-electron chi connectivity index (χ1n) is 6.05. The van der Waals surface area contributed by atoms with E-state index in [1.54, 1.807) is 6.92 Å². The SMILES string of the molecule is CCOc1ccc(C(=O)c2c(F)cc(F)cc2F)c(Br)c1. The molecule has 2 aromatic rings. The molecule has 0 aliphatic carbocycles. The predicted octanol–water partition coefficient (Wildman–Crippen LogP) is 4.50. The Morgan fingerprint density at radius 1 is 1.14 bits per heavy atom. The molecule has 0 saturated carbocycles. The van der Waals surface area contributed by atoms with E-state index in [1.807, 2.05) is 0 Å². The van der Waals surface area contributed by atoms with Crippen LogP contribution in [-0.4, -0.2) is 12.4 Å². The van der Waals surface area contributed by atoms with Crippen molar-refractivity contribution in [1.82, 2.24) is 0 Å². The van der Waals surface area contributed by atoms with E-state index in [1.165, 1.54) is 18.2 Å². The predicted molar refractivity (Wildman–Crippen MR) is 75.1 cm³/mol. The fourth-order valence-corrected chi connectivity index (χ4v) is 2.37. The summed E-state index contributed by atoms with van der Waals surface area (Å²) in [5, 5.41) is 0. The summed E-state index contributed by atoms with van der Waals surface area (Å²) < 4.78 is 45.7. The third-order valence-corrected chi connectivity index (χ3v) is 3.39. The molecule has 0 unspecified atom stereocenters. The molecule has 0 fully saturated rings. The zero-order valence-corrected chi connectivity index (χ0v) is 12.5. The van der Waals surface area contributed by atoms with E-state index in [0.717, 1.165) is 0 Å². The van der Waals surface area contributed by atoms with Crippen molar-refractivity contribution in [3.8, 4) is 5.75 Å². The summed E-state index contributed by atoms with van der Waals surface area (Å²) in [5.41, 5.74) is -0.732. The van der Waals surface area contributed by atoms with E-state index in [0.29, 0.717) is 29.0 Å². The van der Waals surface area contributed by atoms with Gasteiger partial charge in [-0.3, -0.25) is 4.79 Å². The van der Waals surface area contributed by atoms with Gasteiger partial charge in [0.1, 0.15) is 23.2 Å². The fraction of sp³-hybridized carbons (Fsp3) is 0.133. The topological polar surface area (TPSA) is 26.3 Å². The van der Waals surface area contributed by atoms with Crippen molar-refractivity contribution in [1.29, 1.82) is 0 Å².